The van der Waals surface area contributed by atoms with Crippen LogP contribution in [0, 0.1) is 6.92 Å². The van der Waals surface area contributed by atoms with Gasteiger partial charge in [-0.15, -0.1) is 0 Å². The lowest BCUT2D eigenvalue weighted by molar-refractivity contribution is 0.0757. The molecule has 0 spiro atoms. The first kappa shape index (κ1) is 15.2. The number of hydrogen-bond donors (Lipinski definition) is 1. The molecule has 0 saturated carbocycles. The number of aryl methyl sites for hydroxylation is 1. The summed E-state index contributed by atoms with van der Waals surface area (Å²) in [7, 11) is 0. The highest BCUT2D eigenvalue weighted by atomic mass is 16.2. The van der Waals surface area contributed by atoms with Crippen molar-refractivity contribution in [3.8, 4) is 0 Å². The monoisotopic (exact) mass is 322 g/mol. The number of nitrogens with one attached hydrogen (secondary N) is 1. The zero-order valence-electron chi connectivity index (χ0n) is 14.0. The fourth-order valence-electron chi connectivity index (χ4n) is 4.02. The fraction of sp³-hybridized carbons (Fsp3) is 0.400. The summed E-state index contributed by atoms with van der Waals surface area (Å²) < 4.78 is 0. The van der Waals surface area contributed by atoms with Crippen LogP contribution >= 0.6 is 0 Å². The first-order valence-electron chi connectivity index (χ1n) is 8.76. The molecule has 0 bridgehead atoms. The van der Waals surface area contributed by atoms with Crippen LogP contribution in [0.25, 0.3) is 0 Å². The van der Waals surface area contributed by atoms with E-state index in [-0.39, 0.29) is 11.7 Å². The standard InChI is InChI=1S/C20H22N2O2/c1-13-18-16(7-4-8-17(18)23)21-19(13)20(24)22-11-9-14-5-2-3-6-15(14)10-12-22/h2-3,5-6,21H,4,7-12H2,1H3. The topological polar surface area (TPSA) is 53.2 Å². The molecule has 1 aromatic heterocycles. The molecule has 2 heterocycles. The third kappa shape index (κ3) is 2.46. The molecule has 0 fully saturated rings. The molecule has 0 radical (unpaired) electrons. The van der Waals surface area contributed by atoms with Crippen molar-refractivity contribution < 1.29 is 9.59 Å². The number of aromatic nitrogens is 1. The molecule has 0 unspecified atom stereocenters. The van der Waals surface area contributed by atoms with Crippen LogP contribution in [0.5, 0.6) is 0 Å². The maximum absolute atomic E-state index is 13.0. The number of carbonyl (C=O) groups is 2. The molecule has 4 nitrogen and oxygen atoms in total. The molecule has 1 N–H and O–H groups in total. The van der Waals surface area contributed by atoms with E-state index in [4.69, 9.17) is 0 Å². The van der Waals surface area contributed by atoms with Crippen LogP contribution in [0.3, 0.4) is 0 Å². The number of amides is 1. The van der Waals surface area contributed by atoms with Gasteiger partial charge in [0.15, 0.2) is 5.78 Å². The van der Waals surface area contributed by atoms with Gasteiger partial charge in [0.25, 0.3) is 5.91 Å². The van der Waals surface area contributed by atoms with E-state index >= 15 is 0 Å². The minimum atomic E-state index is 0.0301. The molecule has 1 amide bonds. The Morgan fingerprint density at radius 2 is 1.71 bits per heavy atom. The Morgan fingerprint density at radius 3 is 2.33 bits per heavy atom. The highest BCUT2D eigenvalue weighted by Crippen LogP contribution is 2.27. The Balaban J connectivity index is 1.60. The summed E-state index contributed by atoms with van der Waals surface area (Å²) in [5.74, 6) is 0.204. The SMILES string of the molecule is Cc1c(C(=O)N2CCc3ccccc3CC2)[nH]c2c1C(=O)CCC2. The number of aromatic amines is 1. The second-order valence-corrected chi connectivity index (χ2v) is 6.82. The molecule has 1 aromatic carbocycles. The number of rotatable bonds is 1. The van der Waals surface area contributed by atoms with Gasteiger partial charge in [-0.3, -0.25) is 9.59 Å². The van der Waals surface area contributed by atoms with Crippen LogP contribution < -0.4 is 0 Å². The Hall–Kier alpha value is -2.36. The predicted molar refractivity (Wildman–Crippen MR) is 92.6 cm³/mol. The summed E-state index contributed by atoms with van der Waals surface area (Å²) in [6.45, 7) is 3.36. The van der Waals surface area contributed by atoms with Crippen molar-refractivity contribution in [2.75, 3.05) is 13.1 Å². The van der Waals surface area contributed by atoms with Crippen molar-refractivity contribution in [3.05, 3.63) is 57.9 Å². The van der Waals surface area contributed by atoms with Crippen LogP contribution in [0.15, 0.2) is 24.3 Å². The van der Waals surface area contributed by atoms with Crippen molar-refractivity contribution in [2.45, 2.75) is 39.0 Å². The van der Waals surface area contributed by atoms with Crippen LogP contribution in [0.2, 0.25) is 0 Å². The zero-order chi connectivity index (χ0) is 16.7. The van der Waals surface area contributed by atoms with Crippen molar-refractivity contribution in [2.24, 2.45) is 0 Å². The number of H-pyrrole nitrogens is 1. The minimum Gasteiger partial charge on any atom is -0.354 e. The third-order valence-electron chi connectivity index (χ3n) is 5.36. The van der Waals surface area contributed by atoms with E-state index in [0.717, 1.165) is 55.6 Å². The van der Waals surface area contributed by atoms with Gasteiger partial charge in [-0.2, -0.15) is 0 Å². The molecule has 24 heavy (non-hydrogen) atoms. The number of fused-ring (bicyclic) bond motifs is 2. The molecular formula is C20H22N2O2. The van der Waals surface area contributed by atoms with E-state index in [1.807, 2.05) is 11.8 Å². The van der Waals surface area contributed by atoms with Crippen molar-refractivity contribution in [3.63, 3.8) is 0 Å². The number of hydrogen-bond acceptors (Lipinski definition) is 2. The van der Waals surface area contributed by atoms with Gasteiger partial charge in [0.05, 0.1) is 0 Å². The van der Waals surface area contributed by atoms with Gasteiger partial charge in [-0.25, -0.2) is 0 Å². The van der Waals surface area contributed by atoms with Gasteiger partial charge in [0.2, 0.25) is 0 Å². The van der Waals surface area contributed by atoms with Gasteiger partial charge >= 0.3 is 0 Å². The number of nitrogens with zero attached hydrogens (tertiary/aromatic N) is 1. The van der Waals surface area contributed by atoms with E-state index in [9.17, 15) is 9.59 Å². The van der Waals surface area contributed by atoms with E-state index in [1.165, 1.54) is 11.1 Å². The maximum atomic E-state index is 13.0. The normalized spacial score (nSPS) is 17.2. The van der Waals surface area contributed by atoms with Crippen molar-refractivity contribution in [1.82, 2.24) is 9.88 Å². The molecule has 0 atom stereocenters. The molecule has 4 heteroatoms. The van der Waals surface area contributed by atoms with Crippen molar-refractivity contribution >= 4 is 11.7 Å². The lowest BCUT2D eigenvalue weighted by atomic mass is 9.94. The summed E-state index contributed by atoms with van der Waals surface area (Å²) >= 11 is 0. The smallest absolute Gasteiger partial charge is 0.270 e. The summed E-state index contributed by atoms with van der Waals surface area (Å²) in [6, 6.07) is 8.43. The lowest BCUT2D eigenvalue weighted by Gasteiger charge is -2.20. The van der Waals surface area contributed by atoms with E-state index in [1.54, 1.807) is 0 Å². The average Bonchev–Trinajstić information content (AvgIpc) is 2.79. The second kappa shape index (κ2) is 5.93. The Labute approximate surface area is 141 Å². The van der Waals surface area contributed by atoms with Crippen LogP contribution in [0.1, 0.15) is 56.1 Å². The van der Waals surface area contributed by atoms with Gasteiger partial charge in [-0.1, -0.05) is 24.3 Å². The van der Waals surface area contributed by atoms with Gasteiger partial charge in [0.1, 0.15) is 5.69 Å². The molecule has 4 rings (SSSR count). The largest absolute Gasteiger partial charge is 0.354 e. The summed E-state index contributed by atoms with van der Waals surface area (Å²) in [5.41, 5.74) is 5.84. The second-order valence-electron chi connectivity index (χ2n) is 6.82. The third-order valence-corrected chi connectivity index (χ3v) is 5.36. The molecule has 1 aliphatic heterocycles. The molecule has 0 saturated heterocycles. The zero-order valence-corrected chi connectivity index (χ0v) is 14.0. The van der Waals surface area contributed by atoms with Crippen molar-refractivity contribution in [1.29, 1.82) is 0 Å². The quantitative estimate of drug-likeness (QED) is 0.877. The summed E-state index contributed by atoms with van der Waals surface area (Å²) in [6.07, 6.45) is 4.11. The fourth-order valence-corrected chi connectivity index (χ4v) is 4.02. The van der Waals surface area contributed by atoms with Crippen LogP contribution in [0.4, 0.5) is 0 Å². The molecule has 1 aliphatic carbocycles. The lowest BCUT2D eigenvalue weighted by Crippen LogP contribution is -2.34. The maximum Gasteiger partial charge on any atom is 0.270 e. The number of Topliss-reactive ketones (excluding diaryl/α,β-unsaturated/α-hetero) is 1. The van der Waals surface area contributed by atoms with E-state index in [0.29, 0.717) is 12.1 Å². The highest BCUT2D eigenvalue weighted by molar-refractivity contribution is 6.04. The Kier molecular flexibility index (Phi) is 3.75. The first-order chi connectivity index (χ1) is 11.6. The summed E-state index contributed by atoms with van der Waals surface area (Å²) in [4.78, 5) is 30.4. The number of ketones is 1. The average molecular weight is 322 g/mol. The summed E-state index contributed by atoms with van der Waals surface area (Å²) in [5, 5.41) is 0. The Morgan fingerprint density at radius 1 is 1.04 bits per heavy atom. The molecule has 2 aliphatic rings. The predicted octanol–water partition coefficient (Wildman–Crippen LogP) is 3.08. The number of carbonyl (C=O) groups excluding carboxylic acids is 2. The molecule has 2 aromatic rings. The molecular weight excluding hydrogens is 300 g/mol. The van der Waals surface area contributed by atoms with E-state index in [2.05, 4.69) is 29.2 Å². The van der Waals surface area contributed by atoms with Crippen LogP contribution in [-0.2, 0) is 19.3 Å². The minimum absolute atomic E-state index is 0.0301. The van der Waals surface area contributed by atoms with Crippen LogP contribution in [-0.4, -0.2) is 34.7 Å². The van der Waals surface area contributed by atoms with Gasteiger partial charge in [-0.05, 0) is 49.3 Å². The van der Waals surface area contributed by atoms with Gasteiger partial charge < -0.3 is 9.88 Å². The van der Waals surface area contributed by atoms with E-state index < -0.39 is 0 Å². The number of benzene rings is 1. The first-order valence-corrected chi connectivity index (χ1v) is 8.76. The Bertz CT molecular complexity index is 792. The molecule has 124 valence electrons. The van der Waals surface area contributed by atoms with Gasteiger partial charge in [0, 0.05) is 30.8 Å². The highest BCUT2D eigenvalue weighted by Gasteiger charge is 2.29.